The summed E-state index contributed by atoms with van der Waals surface area (Å²) in [7, 11) is 0. The van der Waals surface area contributed by atoms with Gasteiger partial charge in [0.05, 0.1) is 6.61 Å². The third kappa shape index (κ3) is 5.21. The van der Waals surface area contributed by atoms with E-state index in [1.807, 2.05) is 18.2 Å². The third-order valence-electron chi connectivity index (χ3n) is 2.16. The molecule has 0 radical (unpaired) electrons. The number of carbonyl (C=O) groups is 1. The summed E-state index contributed by atoms with van der Waals surface area (Å²) in [6.07, 6.45) is 1.02. The Morgan fingerprint density at radius 2 is 2.18 bits per heavy atom. The molecule has 2 nitrogen and oxygen atoms in total. The molecule has 90 valence electrons. The van der Waals surface area contributed by atoms with Crippen LogP contribution in [0.2, 0.25) is 0 Å². The second-order valence-electron chi connectivity index (χ2n) is 4.27. The van der Waals surface area contributed by atoms with Gasteiger partial charge in [-0.05, 0) is 37.0 Å². The molecule has 0 heterocycles. The van der Waals surface area contributed by atoms with E-state index in [1.54, 1.807) is 6.92 Å². The molecule has 0 saturated carbocycles. The van der Waals surface area contributed by atoms with E-state index >= 15 is 0 Å². The van der Waals surface area contributed by atoms with E-state index in [0.29, 0.717) is 12.5 Å². The van der Waals surface area contributed by atoms with Gasteiger partial charge in [0.1, 0.15) is 0 Å². The maximum Gasteiger partial charge on any atom is 0.384 e. The van der Waals surface area contributed by atoms with E-state index in [4.69, 9.17) is 4.74 Å². The minimum atomic E-state index is -0.471. The molecular formula is C15H18O2. The predicted octanol–water partition coefficient (Wildman–Crippen LogP) is 2.80. The first-order chi connectivity index (χ1) is 8.11. The monoisotopic (exact) mass is 230 g/mol. The lowest BCUT2D eigenvalue weighted by Crippen LogP contribution is -1.99. The number of carbonyl (C=O) groups excluding carboxylic acids is 1. The van der Waals surface area contributed by atoms with Gasteiger partial charge in [-0.15, -0.1) is 0 Å². The van der Waals surface area contributed by atoms with E-state index in [0.717, 1.165) is 12.0 Å². The summed E-state index contributed by atoms with van der Waals surface area (Å²) in [6.45, 7) is 6.48. The molecule has 0 amide bonds. The molecule has 1 aromatic rings. The van der Waals surface area contributed by atoms with E-state index in [1.165, 1.54) is 5.56 Å². The second kappa shape index (κ2) is 6.75. The summed E-state index contributed by atoms with van der Waals surface area (Å²) >= 11 is 0. The molecule has 2 heteroatoms. The van der Waals surface area contributed by atoms with Gasteiger partial charge in [0.15, 0.2) is 0 Å². The molecule has 0 aromatic heterocycles. The van der Waals surface area contributed by atoms with Crippen LogP contribution in [0.25, 0.3) is 0 Å². The summed E-state index contributed by atoms with van der Waals surface area (Å²) in [6, 6.07) is 7.96. The highest BCUT2D eigenvalue weighted by atomic mass is 16.5. The largest absolute Gasteiger partial charge is 0.456 e. The summed E-state index contributed by atoms with van der Waals surface area (Å²) in [5.74, 6) is 5.43. The van der Waals surface area contributed by atoms with Crippen molar-refractivity contribution in [1.29, 1.82) is 0 Å². The lowest BCUT2D eigenvalue weighted by Gasteiger charge is -2.04. The van der Waals surface area contributed by atoms with Gasteiger partial charge in [0.25, 0.3) is 0 Å². The van der Waals surface area contributed by atoms with Crippen molar-refractivity contribution in [3.8, 4) is 11.8 Å². The van der Waals surface area contributed by atoms with Crippen molar-refractivity contribution in [2.45, 2.75) is 27.2 Å². The Kier molecular flexibility index (Phi) is 5.29. The lowest BCUT2D eigenvalue weighted by molar-refractivity contribution is -0.136. The molecule has 17 heavy (non-hydrogen) atoms. The molecule has 0 spiro atoms. The highest BCUT2D eigenvalue weighted by Gasteiger charge is 1.98. The van der Waals surface area contributed by atoms with Crippen molar-refractivity contribution in [1.82, 2.24) is 0 Å². The van der Waals surface area contributed by atoms with Gasteiger partial charge in [0, 0.05) is 11.5 Å². The summed E-state index contributed by atoms with van der Waals surface area (Å²) in [5, 5.41) is 0. The maximum absolute atomic E-state index is 11.1. The van der Waals surface area contributed by atoms with Crippen LogP contribution >= 0.6 is 0 Å². The molecule has 0 atom stereocenters. The SMILES string of the molecule is CCOC(=O)C#Cc1cccc(CC(C)C)c1. The lowest BCUT2D eigenvalue weighted by atomic mass is 10.0. The maximum atomic E-state index is 11.1. The zero-order chi connectivity index (χ0) is 12.7. The summed E-state index contributed by atoms with van der Waals surface area (Å²) in [4.78, 5) is 11.1. The molecule has 0 unspecified atom stereocenters. The number of rotatable bonds is 3. The topological polar surface area (TPSA) is 26.3 Å². The van der Waals surface area contributed by atoms with Gasteiger partial charge in [-0.1, -0.05) is 31.9 Å². The minimum absolute atomic E-state index is 0.362. The number of hydrogen-bond donors (Lipinski definition) is 0. The Balaban J connectivity index is 2.74. The normalized spacial score (nSPS) is 9.65. The van der Waals surface area contributed by atoms with Crippen LogP contribution in [0.3, 0.4) is 0 Å². The van der Waals surface area contributed by atoms with Crippen LogP contribution in [0.15, 0.2) is 24.3 Å². The Labute approximate surface area is 103 Å². The van der Waals surface area contributed by atoms with E-state index in [-0.39, 0.29) is 0 Å². The van der Waals surface area contributed by atoms with E-state index in [9.17, 15) is 4.79 Å². The zero-order valence-electron chi connectivity index (χ0n) is 10.6. The first-order valence-corrected chi connectivity index (χ1v) is 5.89. The molecule has 0 aliphatic carbocycles. The quantitative estimate of drug-likeness (QED) is 0.589. The number of benzene rings is 1. The van der Waals surface area contributed by atoms with Crippen LogP contribution in [0, 0.1) is 17.8 Å². The van der Waals surface area contributed by atoms with Gasteiger partial charge in [0.2, 0.25) is 0 Å². The second-order valence-corrected chi connectivity index (χ2v) is 4.27. The molecule has 0 N–H and O–H groups in total. The first kappa shape index (κ1) is 13.3. The van der Waals surface area contributed by atoms with Crippen molar-refractivity contribution in [2.75, 3.05) is 6.61 Å². The summed E-state index contributed by atoms with van der Waals surface area (Å²) in [5.41, 5.74) is 2.10. The number of ether oxygens (including phenoxy) is 1. The molecule has 0 aliphatic rings. The van der Waals surface area contributed by atoms with Gasteiger partial charge < -0.3 is 4.74 Å². The van der Waals surface area contributed by atoms with Crippen LogP contribution < -0.4 is 0 Å². The smallest absolute Gasteiger partial charge is 0.384 e. The molecule has 0 fully saturated rings. The van der Waals surface area contributed by atoms with Gasteiger partial charge in [-0.2, -0.15) is 0 Å². The van der Waals surface area contributed by atoms with Crippen LogP contribution in [0.4, 0.5) is 0 Å². The van der Waals surface area contributed by atoms with Crippen molar-refractivity contribution in [2.24, 2.45) is 5.92 Å². The third-order valence-corrected chi connectivity index (χ3v) is 2.16. The van der Waals surface area contributed by atoms with Gasteiger partial charge in [-0.3, -0.25) is 0 Å². The fourth-order valence-electron chi connectivity index (χ4n) is 1.54. The Hall–Kier alpha value is -1.75. The van der Waals surface area contributed by atoms with Crippen LogP contribution in [0.5, 0.6) is 0 Å². The average Bonchev–Trinajstić information content (AvgIpc) is 2.26. The molecule has 0 aliphatic heterocycles. The molecule has 0 bridgehead atoms. The fraction of sp³-hybridized carbons (Fsp3) is 0.400. The van der Waals surface area contributed by atoms with Crippen molar-refractivity contribution < 1.29 is 9.53 Å². The Morgan fingerprint density at radius 1 is 1.41 bits per heavy atom. The average molecular weight is 230 g/mol. The number of hydrogen-bond acceptors (Lipinski definition) is 2. The van der Waals surface area contributed by atoms with E-state index < -0.39 is 5.97 Å². The Bertz CT molecular complexity index is 436. The van der Waals surface area contributed by atoms with Crippen LogP contribution in [0.1, 0.15) is 31.9 Å². The van der Waals surface area contributed by atoms with Crippen LogP contribution in [-0.2, 0) is 16.0 Å². The Morgan fingerprint density at radius 3 is 2.82 bits per heavy atom. The van der Waals surface area contributed by atoms with E-state index in [2.05, 4.69) is 31.8 Å². The fourth-order valence-corrected chi connectivity index (χ4v) is 1.54. The summed E-state index contributed by atoms with van der Waals surface area (Å²) < 4.78 is 4.75. The molecule has 1 rings (SSSR count). The predicted molar refractivity (Wildman–Crippen MR) is 68.5 cm³/mol. The number of esters is 1. The highest BCUT2D eigenvalue weighted by molar-refractivity contribution is 5.89. The van der Waals surface area contributed by atoms with Crippen LogP contribution in [-0.4, -0.2) is 12.6 Å². The highest BCUT2D eigenvalue weighted by Crippen LogP contribution is 2.09. The molecular weight excluding hydrogens is 212 g/mol. The van der Waals surface area contributed by atoms with Crippen molar-refractivity contribution in [3.63, 3.8) is 0 Å². The standard InChI is InChI=1S/C15H18O2/c1-4-17-15(16)9-8-13-6-5-7-14(11-13)10-12(2)3/h5-7,11-12H,4,10H2,1-3H3. The van der Waals surface area contributed by atoms with Crippen molar-refractivity contribution >= 4 is 5.97 Å². The minimum Gasteiger partial charge on any atom is -0.456 e. The first-order valence-electron chi connectivity index (χ1n) is 5.89. The van der Waals surface area contributed by atoms with Crippen molar-refractivity contribution in [3.05, 3.63) is 35.4 Å². The van der Waals surface area contributed by atoms with Gasteiger partial charge in [-0.25, -0.2) is 4.79 Å². The molecule has 0 saturated heterocycles. The van der Waals surface area contributed by atoms with Gasteiger partial charge >= 0.3 is 5.97 Å². The molecule has 1 aromatic carbocycles. The zero-order valence-corrected chi connectivity index (χ0v) is 10.6.